The van der Waals surface area contributed by atoms with Gasteiger partial charge in [0.15, 0.2) is 0 Å². The molecule has 1 aromatic heterocycles. The molecule has 11 heavy (non-hydrogen) atoms. The molecule has 0 saturated carbocycles. The third kappa shape index (κ3) is 2.16. The summed E-state index contributed by atoms with van der Waals surface area (Å²) in [6.07, 6.45) is 3.29. The van der Waals surface area contributed by atoms with Crippen LogP contribution in [0.5, 0.6) is 0 Å². The van der Waals surface area contributed by atoms with Crippen LogP contribution in [0.15, 0.2) is 18.5 Å². The molecule has 0 N–H and O–H groups in total. The Morgan fingerprint density at radius 1 is 1.45 bits per heavy atom. The lowest BCUT2D eigenvalue weighted by Crippen LogP contribution is -2.03. The zero-order valence-corrected chi connectivity index (χ0v) is 7.64. The molecule has 0 aromatic carbocycles. The van der Waals surface area contributed by atoms with E-state index in [4.69, 9.17) is 0 Å². The number of aromatic nitrogens is 1. The van der Waals surface area contributed by atoms with Crippen LogP contribution < -0.4 is 5.30 Å². The fourth-order valence-electron chi connectivity index (χ4n) is 0.768. The first kappa shape index (κ1) is 8.48. The van der Waals surface area contributed by atoms with Crippen LogP contribution in [0.3, 0.4) is 0 Å². The maximum Gasteiger partial charge on any atom is 0.111 e. The van der Waals surface area contributed by atoms with E-state index in [9.17, 15) is 4.57 Å². The summed E-state index contributed by atoms with van der Waals surface area (Å²) >= 11 is 0. The zero-order valence-electron chi connectivity index (χ0n) is 6.74. The molecule has 2 nitrogen and oxygen atoms in total. The molecule has 1 aromatic rings. The molecule has 0 amide bonds. The Hall–Kier alpha value is -0.620. The molecule has 1 radical (unpaired) electrons. The van der Waals surface area contributed by atoms with E-state index < -0.39 is 7.14 Å². The molecule has 0 bridgehead atoms. The van der Waals surface area contributed by atoms with E-state index in [1.54, 1.807) is 25.7 Å². The normalized spacial score (nSPS) is 11.5. The van der Waals surface area contributed by atoms with Gasteiger partial charge in [-0.1, -0.05) is 0 Å². The van der Waals surface area contributed by atoms with E-state index in [-0.39, 0.29) is 0 Å². The molecular weight excluding hydrogens is 157 g/mol. The maximum absolute atomic E-state index is 11.5. The highest BCUT2D eigenvalue weighted by Gasteiger charge is 2.10. The fraction of sp³-hybridized carbons (Fsp3) is 0.250. The van der Waals surface area contributed by atoms with E-state index in [1.165, 1.54) is 0 Å². The van der Waals surface area contributed by atoms with Gasteiger partial charge in [0.2, 0.25) is 0 Å². The van der Waals surface area contributed by atoms with Gasteiger partial charge in [0.1, 0.15) is 7.14 Å². The van der Waals surface area contributed by atoms with Gasteiger partial charge in [0.25, 0.3) is 0 Å². The van der Waals surface area contributed by atoms with Crippen molar-refractivity contribution in [1.82, 2.24) is 4.98 Å². The molecule has 0 saturated heterocycles. The number of pyridine rings is 1. The first-order chi connectivity index (χ1) is 5.00. The standard InChI is InChI=1S/C8H11NOP/c1-7-4-8(6-9-5-7)11(2,3)10/h4-6H,1H2,2-3H3. The molecule has 1 rings (SSSR count). The predicted molar refractivity (Wildman–Crippen MR) is 47.8 cm³/mol. The fourth-order valence-corrected chi connectivity index (χ4v) is 1.59. The Kier molecular flexibility index (Phi) is 2.15. The van der Waals surface area contributed by atoms with Crippen molar-refractivity contribution in [3.05, 3.63) is 30.9 Å². The molecule has 0 fully saturated rings. The molecule has 1 heterocycles. The second-order valence-corrected chi connectivity index (χ2v) is 6.12. The van der Waals surface area contributed by atoms with Crippen molar-refractivity contribution in [2.75, 3.05) is 13.3 Å². The van der Waals surface area contributed by atoms with E-state index >= 15 is 0 Å². The summed E-state index contributed by atoms with van der Waals surface area (Å²) in [7, 11) is -2.15. The van der Waals surface area contributed by atoms with Crippen LogP contribution in [0.2, 0.25) is 0 Å². The van der Waals surface area contributed by atoms with Crippen LogP contribution in [-0.2, 0) is 4.57 Å². The molecule has 0 aliphatic heterocycles. The lowest BCUT2D eigenvalue weighted by molar-refractivity contribution is 0.588. The van der Waals surface area contributed by atoms with Crippen molar-refractivity contribution in [3.8, 4) is 0 Å². The highest BCUT2D eigenvalue weighted by atomic mass is 31.2. The van der Waals surface area contributed by atoms with Gasteiger partial charge in [0, 0.05) is 17.7 Å². The van der Waals surface area contributed by atoms with Gasteiger partial charge in [-0.25, -0.2) is 0 Å². The van der Waals surface area contributed by atoms with Crippen molar-refractivity contribution in [2.45, 2.75) is 0 Å². The maximum atomic E-state index is 11.5. The van der Waals surface area contributed by atoms with E-state index in [1.807, 2.05) is 6.07 Å². The van der Waals surface area contributed by atoms with Gasteiger partial charge >= 0.3 is 0 Å². The second kappa shape index (κ2) is 2.78. The summed E-state index contributed by atoms with van der Waals surface area (Å²) in [6.45, 7) is 7.16. The van der Waals surface area contributed by atoms with Crippen molar-refractivity contribution in [3.63, 3.8) is 0 Å². The first-order valence-electron chi connectivity index (χ1n) is 3.33. The van der Waals surface area contributed by atoms with E-state index in [0.29, 0.717) is 0 Å². The summed E-state index contributed by atoms with van der Waals surface area (Å²) in [5.74, 6) is 0. The molecule has 0 aliphatic carbocycles. The van der Waals surface area contributed by atoms with Gasteiger partial charge < -0.3 is 4.57 Å². The summed E-state index contributed by atoms with van der Waals surface area (Å²) in [4.78, 5) is 3.92. The van der Waals surface area contributed by atoms with Crippen LogP contribution in [-0.4, -0.2) is 18.3 Å². The van der Waals surface area contributed by atoms with E-state index in [2.05, 4.69) is 11.9 Å². The van der Waals surface area contributed by atoms with Crippen LogP contribution in [0.1, 0.15) is 5.56 Å². The summed E-state index contributed by atoms with van der Waals surface area (Å²) < 4.78 is 11.5. The topological polar surface area (TPSA) is 30.0 Å². The minimum absolute atomic E-state index is 0.796. The van der Waals surface area contributed by atoms with Gasteiger partial charge in [-0.2, -0.15) is 0 Å². The highest BCUT2D eigenvalue weighted by molar-refractivity contribution is 7.70. The van der Waals surface area contributed by atoms with Crippen LogP contribution in [0.4, 0.5) is 0 Å². The minimum atomic E-state index is -2.15. The average Bonchev–Trinajstić information content (AvgIpc) is 1.86. The third-order valence-electron chi connectivity index (χ3n) is 1.40. The molecule has 59 valence electrons. The number of hydrogen-bond acceptors (Lipinski definition) is 2. The molecule has 0 atom stereocenters. The van der Waals surface area contributed by atoms with Gasteiger partial charge in [-0.3, -0.25) is 4.98 Å². The average molecular weight is 168 g/mol. The summed E-state index contributed by atoms with van der Waals surface area (Å²) in [6, 6.07) is 1.81. The molecule has 3 heteroatoms. The quantitative estimate of drug-likeness (QED) is 0.595. The largest absolute Gasteiger partial charge is 0.319 e. The molecule has 0 aliphatic rings. The van der Waals surface area contributed by atoms with Crippen LogP contribution in [0, 0.1) is 6.92 Å². The Bertz CT molecular complexity index is 303. The molecule has 0 unspecified atom stereocenters. The lowest BCUT2D eigenvalue weighted by Gasteiger charge is -2.05. The molecule has 0 spiro atoms. The van der Waals surface area contributed by atoms with E-state index in [0.717, 1.165) is 10.9 Å². The van der Waals surface area contributed by atoms with Gasteiger partial charge in [0.05, 0.1) is 0 Å². The monoisotopic (exact) mass is 168 g/mol. The van der Waals surface area contributed by atoms with Crippen molar-refractivity contribution in [1.29, 1.82) is 0 Å². The first-order valence-corrected chi connectivity index (χ1v) is 5.93. The number of hydrogen-bond donors (Lipinski definition) is 0. The van der Waals surface area contributed by atoms with Crippen molar-refractivity contribution < 1.29 is 4.57 Å². The summed E-state index contributed by atoms with van der Waals surface area (Å²) in [5.41, 5.74) is 0.812. The van der Waals surface area contributed by atoms with Gasteiger partial charge in [-0.05, 0) is 31.9 Å². The van der Waals surface area contributed by atoms with Crippen molar-refractivity contribution >= 4 is 12.4 Å². The predicted octanol–water partition coefficient (Wildman–Crippen LogP) is 1.51. The van der Waals surface area contributed by atoms with Crippen LogP contribution in [0.25, 0.3) is 0 Å². The highest BCUT2D eigenvalue weighted by Crippen LogP contribution is 2.33. The third-order valence-corrected chi connectivity index (χ3v) is 2.89. The zero-order chi connectivity index (χ0) is 8.48. The SMILES string of the molecule is [CH2]c1cncc(P(C)(C)=O)c1. The lowest BCUT2D eigenvalue weighted by atomic mass is 10.3. The minimum Gasteiger partial charge on any atom is -0.319 e. The van der Waals surface area contributed by atoms with Crippen molar-refractivity contribution in [2.24, 2.45) is 0 Å². The Morgan fingerprint density at radius 2 is 2.09 bits per heavy atom. The Morgan fingerprint density at radius 3 is 2.45 bits per heavy atom. The number of nitrogens with zero attached hydrogens (tertiary/aromatic N) is 1. The second-order valence-electron chi connectivity index (χ2n) is 2.90. The smallest absolute Gasteiger partial charge is 0.111 e. The molecular formula is C8H11NOP. The Balaban J connectivity index is 3.17. The van der Waals surface area contributed by atoms with Gasteiger partial charge in [-0.15, -0.1) is 0 Å². The number of rotatable bonds is 1. The van der Waals surface area contributed by atoms with Crippen LogP contribution >= 0.6 is 7.14 Å². The Labute approximate surface area is 67.0 Å². The summed E-state index contributed by atoms with van der Waals surface area (Å²) in [5, 5.41) is 0.796.